The predicted octanol–water partition coefficient (Wildman–Crippen LogP) is 1.90. The van der Waals surface area contributed by atoms with Gasteiger partial charge in [0.2, 0.25) is 0 Å². The second kappa shape index (κ2) is 5.06. The summed E-state index contributed by atoms with van der Waals surface area (Å²) in [5.41, 5.74) is 0.503. The first kappa shape index (κ1) is 12.0. The quantitative estimate of drug-likeness (QED) is 0.439. The van der Waals surface area contributed by atoms with Gasteiger partial charge in [-0.15, -0.1) is 0 Å². The van der Waals surface area contributed by atoms with Crippen molar-refractivity contribution in [3.63, 3.8) is 0 Å². The molecule has 48 valence electrons. The molecule has 0 aliphatic carbocycles. The van der Waals surface area contributed by atoms with Gasteiger partial charge in [-0.3, -0.25) is 0 Å². The summed E-state index contributed by atoms with van der Waals surface area (Å²) >= 11 is 3.39. The van der Waals surface area contributed by atoms with E-state index in [0.29, 0.717) is 5.41 Å². The minimum atomic E-state index is 0. The summed E-state index contributed by atoms with van der Waals surface area (Å²) in [6.07, 6.45) is 1.26. The van der Waals surface area contributed by atoms with Crippen LogP contribution in [0.4, 0.5) is 0 Å². The van der Waals surface area contributed by atoms with Gasteiger partial charge in [-0.2, -0.15) is 0 Å². The van der Waals surface area contributed by atoms with E-state index in [4.69, 9.17) is 0 Å². The smallest absolute Gasteiger partial charge is 0.0928 e. The third-order valence-corrected chi connectivity index (χ3v) is 1.24. The van der Waals surface area contributed by atoms with Crippen molar-refractivity contribution in [1.82, 2.24) is 0 Å². The Labute approximate surface area is 76.7 Å². The van der Waals surface area contributed by atoms with Gasteiger partial charge < -0.3 is 0 Å². The molecule has 0 saturated heterocycles. The number of halogens is 1. The lowest BCUT2D eigenvalue weighted by Gasteiger charge is -2.14. The Morgan fingerprint density at radius 1 is 1.25 bits per heavy atom. The normalized spacial score (nSPS) is 10.5. The van der Waals surface area contributed by atoms with Crippen LogP contribution in [0.2, 0.25) is 0 Å². The lowest BCUT2D eigenvalue weighted by atomic mass is 9.94. The third-order valence-electron chi connectivity index (χ3n) is 0.844. The van der Waals surface area contributed by atoms with Crippen LogP contribution in [-0.2, 0) is 0 Å². The summed E-state index contributed by atoms with van der Waals surface area (Å²) in [6.45, 7) is 6.73. The number of hydrogen-bond acceptors (Lipinski definition) is 0. The molecular weight excluding hydrogens is 176 g/mol. The Hall–Kier alpha value is 1.25. The molecule has 0 amide bonds. The fourth-order valence-corrected chi connectivity index (χ4v) is 1.47. The number of hydrogen-bond donors (Lipinski definition) is 0. The molecule has 0 aromatic heterocycles. The van der Waals surface area contributed by atoms with Gasteiger partial charge in [0.1, 0.15) is 0 Å². The Kier molecular flexibility index (Phi) is 7.58. The first-order valence-corrected chi connectivity index (χ1v) is 3.74. The predicted molar refractivity (Wildman–Crippen MR) is 46.4 cm³/mol. The Balaban J connectivity index is 0. The summed E-state index contributed by atoms with van der Waals surface area (Å²) < 4.78 is 0. The maximum absolute atomic E-state index is 3.39. The third kappa shape index (κ3) is 10.3. The first-order valence-electron chi connectivity index (χ1n) is 2.62. The lowest BCUT2D eigenvalue weighted by molar-refractivity contribution is 0.403. The summed E-state index contributed by atoms with van der Waals surface area (Å²) in [7, 11) is 0. The Morgan fingerprint density at radius 2 is 1.62 bits per heavy atom. The highest BCUT2D eigenvalue weighted by molar-refractivity contribution is 9.09. The van der Waals surface area contributed by atoms with Gasteiger partial charge in [0.05, 0.1) is 0 Å². The second-order valence-electron chi connectivity index (χ2n) is 3.00. The minimum absolute atomic E-state index is 0. The van der Waals surface area contributed by atoms with Crippen LogP contribution < -0.4 is 0 Å². The van der Waals surface area contributed by atoms with Gasteiger partial charge >= 0.3 is 23.1 Å². The minimum Gasteiger partial charge on any atom is -0.0928 e. The molecule has 8 heavy (non-hydrogen) atoms. The van der Waals surface area contributed by atoms with E-state index in [1.807, 2.05) is 0 Å². The molecule has 0 rings (SSSR count). The summed E-state index contributed by atoms with van der Waals surface area (Å²) in [4.78, 5) is 0. The average Bonchev–Trinajstić information content (AvgIpc) is 1.30. The van der Waals surface area contributed by atoms with Crippen molar-refractivity contribution >= 4 is 39.0 Å². The fraction of sp³-hybridized carbons (Fsp3) is 1.00. The zero-order chi connectivity index (χ0) is 5.91. The lowest BCUT2D eigenvalue weighted by Crippen LogP contribution is -2.04. The SMILES string of the molecule is CC(C)(C)CCBr.[MgH2]. The molecule has 0 bridgehead atoms. The molecule has 0 aromatic carbocycles. The van der Waals surface area contributed by atoms with E-state index in [1.165, 1.54) is 6.42 Å². The van der Waals surface area contributed by atoms with Crippen molar-refractivity contribution in [2.24, 2.45) is 5.41 Å². The fourth-order valence-electron chi connectivity index (χ4n) is 0.283. The highest BCUT2D eigenvalue weighted by Gasteiger charge is 2.06. The van der Waals surface area contributed by atoms with E-state index in [-0.39, 0.29) is 23.1 Å². The number of rotatable bonds is 1. The molecule has 0 aliphatic heterocycles. The Bertz CT molecular complexity index is 47.0. The molecule has 0 N–H and O–H groups in total. The summed E-state index contributed by atoms with van der Waals surface area (Å²) in [5.74, 6) is 0. The Morgan fingerprint density at radius 3 is 1.62 bits per heavy atom. The van der Waals surface area contributed by atoms with E-state index < -0.39 is 0 Å². The molecule has 0 atom stereocenters. The van der Waals surface area contributed by atoms with E-state index in [2.05, 4.69) is 36.7 Å². The summed E-state index contributed by atoms with van der Waals surface area (Å²) in [5, 5.41) is 1.12. The second-order valence-corrected chi connectivity index (χ2v) is 3.79. The molecular formula is C6H15BrMg. The van der Waals surface area contributed by atoms with E-state index in [0.717, 1.165) is 5.33 Å². The molecule has 0 aromatic rings. The highest BCUT2D eigenvalue weighted by Crippen LogP contribution is 2.18. The standard InChI is InChI=1S/C6H13Br.Mg.2H/c1-6(2,3)4-5-7;;;/h4-5H2,1-3H3;;;. The largest absolute Gasteiger partial charge is 0.316 e. The maximum atomic E-state index is 3.39. The molecule has 0 saturated carbocycles. The van der Waals surface area contributed by atoms with Crippen LogP contribution in [0, 0.1) is 5.41 Å². The van der Waals surface area contributed by atoms with Gasteiger partial charge in [0, 0.05) is 5.33 Å². The molecule has 0 radical (unpaired) electrons. The molecule has 0 unspecified atom stereocenters. The topological polar surface area (TPSA) is 0 Å². The van der Waals surface area contributed by atoms with Crippen molar-refractivity contribution in [3.8, 4) is 0 Å². The van der Waals surface area contributed by atoms with Crippen LogP contribution in [0.25, 0.3) is 0 Å². The van der Waals surface area contributed by atoms with Crippen molar-refractivity contribution in [1.29, 1.82) is 0 Å². The van der Waals surface area contributed by atoms with Crippen LogP contribution in [0.1, 0.15) is 27.2 Å². The zero-order valence-electron chi connectivity index (χ0n) is 5.29. The molecule has 0 spiro atoms. The van der Waals surface area contributed by atoms with Gasteiger partial charge in [-0.25, -0.2) is 0 Å². The van der Waals surface area contributed by atoms with E-state index in [9.17, 15) is 0 Å². The zero-order valence-corrected chi connectivity index (χ0v) is 6.88. The number of alkyl halides is 1. The van der Waals surface area contributed by atoms with Gasteiger partial charge in [-0.05, 0) is 11.8 Å². The average molecular weight is 191 g/mol. The van der Waals surface area contributed by atoms with Crippen molar-refractivity contribution in [2.75, 3.05) is 5.33 Å². The van der Waals surface area contributed by atoms with Crippen LogP contribution in [0.5, 0.6) is 0 Å². The van der Waals surface area contributed by atoms with E-state index in [1.54, 1.807) is 0 Å². The van der Waals surface area contributed by atoms with Gasteiger partial charge in [0.25, 0.3) is 0 Å². The molecule has 0 aliphatic rings. The van der Waals surface area contributed by atoms with Crippen LogP contribution >= 0.6 is 15.9 Å². The summed E-state index contributed by atoms with van der Waals surface area (Å²) in [6, 6.07) is 0. The van der Waals surface area contributed by atoms with Gasteiger partial charge in [0.15, 0.2) is 0 Å². The van der Waals surface area contributed by atoms with Crippen LogP contribution in [-0.4, -0.2) is 28.4 Å². The van der Waals surface area contributed by atoms with Crippen molar-refractivity contribution in [3.05, 3.63) is 0 Å². The molecule has 0 nitrogen and oxygen atoms in total. The monoisotopic (exact) mass is 190 g/mol. The molecule has 2 heteroatoms. The van der Waals surface area contributed by atoms with Crippen molar-refractivity contribution < 1.29 is 0 Å². The first-order chi connectivity index (χ1) is 3.06. The maximum Gasteiger partial charge on any atom is 0.316 e. The highest BCUT2D eigenvalue weighted by atomic mass is 79.9. The van der Waals surface area contributed by atoms with Crippen molar-refractivity contribution in [2.45, 2.75) is 27.2 Å². The van der Waals surface area contributed by atoms with Gasteiger partial charge in [-0.1, -0.05) is 36.7 Å². The van der Waals surface area contributed by atoms with Crippen LogP contribution in [0.3, 0.4) is 0 Å². The van der Waals surface area contributed by atoms with E-state index >= 15 is 0 Å². The molecule has 0 fully saturated rings. The van der Waals surface area contributed by atoms with Crippen LogP contribution in [0.15, 0.2) is 0 Å². The molecule has 0 heterocycles.